The van der Waals surface area contributed by atoms with Gasteiger partial charge >= 0.3 is 11.7 Å². The van der Waals surface area contributed by atoms with Crippen LogP contribution >= 0.6 is 0 Å². The molecule has 1 heterocycles. The maximum absolute atomic E-state index is 11.6. The van der Waals surface area contributed by atoms with Crippen molar-refractivity contribution in [2.45, 2.75) is 26.3 Å². The molecule has 0 atom stereocenters. The number of hydrogen-bond donors (Lipinski definition) is 3. The first-order chi connectivity index (χ1) is 9.60. The molecule has 0 aromatic carbocycles. The Morgan fingerprint density at radius 2 is 2.00 bits per heavy atom. The molecule has 0 radical (unpaired) electrons. The van der Waals surface area contributed by atoms with E-state index in [2.05, 4.69) is 15.6 Å². The first-order valence-corrected chi connectivity index (χ1v) is 6.04. The predicted octanol–water partition coefficient (Wildman–Crippen LogP) is 1.01. The number of aromatic carboxylic acids is 1. The van der Waals surface area contributed by atoms with Crippen molar-refractivity contribution in [1.82, 2.24) is 10.3 Å². The number of nitrogens with zero attached hydrogens (tertiary/aromatic N) is 2. The molecule has 0 saturated carbocycles. The maximum atomic E-state index is 11.6. The van der Waals surface area contributed by atoms with Gasteiger partial charge in [-0.2, -0.15) is 0 Å². The van der Waals surface area contributed by atoms with Gasteiger partial charge in [0, 0.05) is 11.6 Å². The first kappa shape index (κ1) is 16.3. The zero-order valence-corrected chi connectivity index (χ0v) is 11.8. The Labute approximate surface area is 120 Å². The van der Waals surface area contributed by atoms with Crippen molar-refractivity contribution < 1.29 is 19.6 Å². The van der Waals surface area contributed by atoms with Crippen LogP contribution in [0.25, 0.3) is 0 Å². The zero-order chi connectivity index (χ0) is 16.2. The number of pyridine rings is 1. The summed E-state index contributed by atoms with van der Waals surface area (Å²) in [4.78, 5) is 36.2. The summed E-state index contributed by atoms with van der Waals surface area (Å²) in [7, 11) is 0. The third kappa shape index (κ3) is 5.05. The van der Waals surface area contributed by atoms with E-state index in [4.69, 9.17) is 5.11 Å². The van der Waals surface area contributed by atoms with E-state index in [1.54, 1.807) is 20.8 Å². The number of carboxylic acids is 1. The second-order valence-electron chi connectivity index (χ2n) is 5.28. The molecule has 0 spiro atoms. The molecule has 21 heavy (non-hydrogen) atoms. The van der Waals surface area contributed by atoms with Crippen LogP contribution in [-0.2, 0) is 4.79 Å². The van der Waals surface area contributed by atoms with Crippen molar-refractivity contribution in [1.29, 1.82) is 0 Å². The molecule has 9 heteroatoms. The fourth-order valence-corrected chi connectivity index (χ4v) is 1.47. The lowest BCUT2D eigenvalue weighted by Gasteiger charge is -2.20. The van der Waals surface area contributed by atoms with Gasteiger partial charge in [0.05, 0.1) is 11.5 Å². The fraction of sp³-hybridized carbons (Fsp3) is 0.417. The normalized spacial score (nSPS) is 10.8. The lowest BCUT2D eigenvalue weighted by atomic mass is 10.1. The van der Waals surface area contributed by atoms with Gasteiger partial charge in [-0.05, 0) is 26.8 Å². The second-order valence-corrected chi connectivity index (χ2v) is 5.28. The molecule has 1 rings (SSSR count). The summed E-state index contributed by atoms with van der Waals surface area (Å²) in [5, 5.41) is 24.8. The molecular formula is C12H16N4O5. The van der Waals surface area contributed by atoms with Gasteiger partial charge in [0.25, 0.3) is 0 Å². The van der Waals surface area contributed by atoms with E-state index in [0.717, 1.165) is 12.1 Å². The SMILES string of the molecule is CC(C)(C)NC(=O)CNc1nc(C(=O)O)ccc1[N+](=O)[O-]. The standard InChI is InChI=1S/C12H16N4O5/c1-12(2,3)15-9(17)6-13-10-8(16(20)21)5-4-7(14-10)11(18)19/h4-5H,6H2,1-3H3,(H,13,14)(H,15,17)(H,18,19). The maximum Gasteiger partial charge on any atom is 0.354 e. The van der Waals surface area contributed by atoms with Gasteiger partial charge in [0.15, 0.2) is 5.69 Å². The van der Waals surface area contributed by atoms with Gasteiger partial charge in [-0.3, -0.25) is 14.9 Å². The average molecular weight is 296 g/mol. The monoisotopic (exact) mass is 296 g/mol. The van der Waals surface area contributed by atoms with Gasteiger partial charge in [-0.1, -0.05) is 0 Å². The molecule has 1 aromatic rings. The summed E-state index contributed by atoms with van der Waals surface area (Å²) < 4.78 is 0. The highest BCUT2D eigenvalue weighted by Crippen LogP contribution is 2.21. The molecule has 114 valence electrons. The predicted molar refractivity (Wildman–Crippen MR) is 74.2 cm³/mol. The summed E-state index contributed by atoms with van der Waals surface area (Å²) in [5.41, 5.74) is -1.19. The number of rotatable bonds is 5. The van der Waals surface area contributed by atoms with Gasteiger partial charge < -0.3 is 15.7 Å². The molecule has 0 bridgehead atoms. The lowest BCUT2D eigenvalue weighted by Crippen LogP contribution is -2.43. The summed E-state index contributed by atoms with van der Waals surface area (Å²) in [6.07, 6.45) is 0. The molecule has 3 N–H and O–H groups in total. The topological polar surface area (TPSA) is 134 Å². The molecule has 0 saturated heterocycles. The van der Waals surface area contributed by atoms with Crippen molar-refractivity contribution in [3.05, 3.63) is 27.9 Å². The van der Waals surface area contributed by atoms with Crippen LogP contribution in [0.4, 0.5) is 11.5 Å². The molecule has 9 nitrogen and oxygen atoms in total. The van der Waals surface area contributed by atoms with Gasteiger partial charge in [0.2, 0.25) is 11.7 Å². The Morgan fingerprint density at radius 3 is 2.48 bits per heavy atom. The highest BCUT2D eigenvalue weighted by atomic mass is 16.6. The third-order valence-electron chi connectivity index (χ3n) is 2.22. The Kier molecular flexibility index (Phi) is 4.79. The number of amides is 1. The largest absolute Gasteiger partial charge is 0.477 e. The van der Waals surface area contributed by atoms with E-state index < -0.39 is 22.1 Å². The number of anilines is 1. The molecule has 0 fully saturated rings. The van der Waals surface area contributed by atoms with Crippen molar-refractivity contribution in [3.63, 3.8) is 0 Å². The molecule has 0 unspecified atom stereocenters. The van der Waals surface area contributed by atoms with Crippen LogP contribution in [0.15, 0.2) is 12.1 Å². The van der Waals surface area contributed by atoms with Gasteiger partial charge in [-0.15, -0.1) is 0 Å². The zero-order valence-electron chi connectivity index (χ0n) is 11.8. The van der Waals surface area contributed by atoms with E-state index in [0.29, 0.717) is 0 Å². The number of carboxylic acid groups (broad SMARTS) is 1. The summed E-state index contributed by atoms with van der Waals surface area (Å²) >= 11 is 0. The van der Waals surface area contributed by atoms with Crippen molar-refractivity contribution in [2.24, 2.45) is 0 Å². The van der Waals surface area contributed by atoms with Crippen LogP contribution in [0.2, 0.25) is 0 Å². The van der Waals surface area contributed by atoms with Crippen molar-refractivity contribution in [2.75, 3.05) is 11.9 Å². The van der Waals surface area contributed by atoms with E-state index in [1.807, 2.05) is 0 Å². The Balaban J connectivity index is 2.90. The van der Waals surface area contributed by atoms with Gasteiger partial charge in [0.1, 0.15) is 0 Å². The second kappa shape index (κ2) is 6.16. The van der Waals surface area contributed by atoms with Gasteiger partial charge in [-0.25, -0.2) is 9.78 Å². The van der Waals surface area contributed by atoms with Crippen molar-refractivity contribution in [3.8, 4) is 0 Å². The van der Waals surface area contributed by atoms with E-state index in [-0.39, 0.29) is 24.0 Å². The highest BCUT2D eigenvalue weighted by Gasteiger charge is 2.20. The van der Waals surface area contributed by atoms with Crippen LogP contribution in [0, 0.1) is 10.1 Å². The highest BCUT2D eigenvalue weighted by molar-refractivity contribution is 5.87. The Bertz CT molecular complexity index is 580. The third-order valence-corrected chi connectivity index (χ3v) is 2.22. The molecular weight excluding hydrogens is 280 g/mol. The Hall–Kier alpha value is -2.71. The minimum atomic E-state index is -1.31. The summed E-state index contributed by atoms with van der Waals surface area (Å²) in [6, 6.07) is 2.06. The number of hydrogen-bond acceptors (Lipinski definition) is 6. The number of nitro groups is 1. The van der Waals surface area contributed by atoms with E-state index >= 15 is 0 Å². The smallest absolute Gasteiger partial charge is 0.354 e. The lowest BCUT2D eigenvalue weighted by molar-refractivity contribution is -0.384. The quantitative estimate of drug-likeness (QED) is 0.545. The minimum absolute atomic E-state index is 0.256. The molecule has 1 aromatic heterocycles. The van der Waals surface area contributed by atoms with Crippen LogP contribution in [0.1, 0.15) is 31.3 Å². The summed E-state index contributed by atoms with van der Waals surface area (Å²) in [5.74, 6) is -1.96. The molecule has 0 aliphatic heterocycles. The average Bonchev–Trinajstić information content (AvgIpc) is 2.33. The molecule has 0 aliphatic carbocycles. The van der Waals surface area contributed by atoms with Crippen LogP contribution in [0.5, 0.6) is 0 Å². The number of carbonyl (C=O) groups is 2. The molecule has 1 amide bonds. The fourth-order valence-electron chi connectivity index (χ4n) is 1.47. The molecule has 0 aliphatic rings. The number of nitrogens with one attached hydrogen (secondary N) is 2. The van der Waals surface area contributed by atoms with Crippen LogP contribution < -0.4 is 10.6 Å². The van der Waals surface area contributed by atoms with Crippen LogP contribution in [-0.4, -0.2) is 39.0 Å². The van der Waals surface area contributed by atoms with E-state index in [1.165, 1.54) is 0 Å². The summed E-state index contributed by atoms with van der Waals surface area (Å²) in [6.45, 7) is 5.11. The van der Waals surface area contributed by atoms with Crippen molar-refractivity contribution >= 4 is 23.4 Å². The number of carbonyl (C=O) groups excluding carboxylic acids is 1. The number of aromatic nitrogens is 1. The Morgan fingerprint density at radius 1 is 1.38 bits per heavy atom. The minimum Gasteiger partial charge on any atom is -0.477 e. The van der Waals surface area contributed by atoms with Crippen LogP contribution in [0.3, 0.4) is 0 Å². The first-order valence-electron chi connectivity index (χ1n) is 6.04. The van der Waals surface area contributed by atoms with E-state index in [9.17, 15) is 19.7 Å².